The average molecular weight is 354 g/mol. The fourth-order valence-corrected chi connectivity index (χ4v) is 4.90. The lowest BCUT2D eigenvalue weighted by atomic mass is 9.66. The first-order chi connectivity index (χ1) is 12.7. The summed E-state index contributed by atoms with van der Waals surface area (Å²) in [6.45, 7) is 2.28. The molecule has 3 heteroatoms. The summed E-state index contributed by atoms with van der Waals surface area (Å²) in [5.74, 6) is 2.27. The van der Waals surface area contributed by atoms with Gasteiger partial charge in [0.1, 0.15) is 6.10 Å². The number of nitriles is 1. The van der Waals surface area contributed by atoms with E-state index in [0.717, 1.165) is 30.6 Å². The standard InChI is InChI=1S/C23H31NO2/c1-2-3-4-5-17-6-11-21-15-22(13-12-20(21)14-17)26-23(25)19-9-7-18(16-24)8-10-19/h7-10,17,20-22H,2-6,11-15H2,1H3/t17-,20-,21+,22-/m1/s1. The zero-order valence-corrected chi connectivity index (χ0v) is 16.0. The van der Waals surface area contributed by atoms with E-state index < -0.39 is 0 Å². The van der Waals surface area contributed by atoms with Gasteiger partial charge in [-0.2, -0.15) is 5.26 Å². The minimum Gasteiger partial charge on any atom is -0.459 e. The van der Waals surface area contributed by atoms with Gasteiger partial charge in [-0.25, -0.2) is 4.79 Å². The molecule has 3 nitrogen and oxygen atoms in total. The second kappa shape index (κ2) is 9.21. The van der Waals surface area contributed by atoms with E-state index in [1.54, 1.807) is 24.3 Å². The van der Waals surface area contributed by atoms with Crippen LogP contribution in [0.4, 0.5) is 0 Å². The summed E-state index contributed by atoms with van der Waals surface area (Å²) in [7, 11) is 0. The Labute approximate surface area is 157 Å². The Bertz CT molecular complexity index is 631. The fraction of sp³-hybridized carbons (Fsp3) is 0.652. The van der Waals surface area contributed by atoms with Crippen molar-refractivity contribution in [3.63, 3.8) is 0 Å². The quantitative estimate of drug-likeness (QED) is 0.474. The van der Waals surface area contributed by atoms with Crippen LogP contribution in [0.3, 0.4) is 0 Å². The molecule has 0 aliphatic heterocycles. The SMILES string of the molecule is CCCCC[C@@H]1CC[C@H]2C[C@H](OC(=O)c3ccc(C#N)cc3)CC[C@@H]2C1. The fourth-order valence-electron chi connectivity index (χ4n) is 4.90. The van der Waals surface area contributed by atoms with E-state index in [-0.39, 0.29) is 12.1 Å². The summed E-state index contributed by atoms with van der Waals surface area (Å²) in [5.41, 5.74) is 1.11. The molecule has 0 unspecified atom stereocenters. The zero-order valence-electron chi connectivity index (χ0n) is 16.0. The first-order valence-corrected chi connectivity index (χ1v) is 10.4. The molecule has 0 saturated heterocycles. The lowest BCUT2D eigenvalue weighted by Gasteiger charge is -2.42. The van der Waals surface area contributed by atoms with Gasteiger partial charge in [0.05, 0.1) is 17.2 Å². The smallest absolute Gasteiger partial charge is 0.338 e. The number of hydrogen-bond acceptors (Lipinski definition) is 3. The molecule has 140 valence electrons. The highest BCUT2D eigenvalue weighted by Crippen LogP contribution is 2.44. The van der Waals surface area contributed by atoms with Crippen LogP contribution in [0.25, 0.3) is 0 Å². The molecular formula is C23H31NO2. The molecule has 0 N–H and O–H groups in total. The summed E-state index contributed by atoms with van der Waals surface area (Å²) in [6.07, 6.45) is 12.9. The second-order valence-electron chi connectivity index (χ2n) is 8.22. The Morgan fingerprint density at radius 2 is 1.81 bits per heavy atom. The van der Waals surface area contributed by atoms with Gasteiger partial charge in [0.15, 0.2) is 0 Å². The molecule has 0 heterocycles. The van der Waals surface area contributed by atoms with Crippen LogP contribution in [-0.4, -0.2) is 12.1 Å². The second-order valence-corrected chi connectivity index (χ2v) is 8.22. The van der Waals surface area contributed by atoms with E-state index >= 15 is 0 Å². The monoisotopic (exact) mass is 353 g/mol. The van der Waals surface area contributed by atoms with Crippen LogP contribution in [0.5, 0.6) is 0 Å². The van der Waals surface area contributed by atoms with Crippen molar-refractivity contribution in [3.8, 4) is 6.07 Å². The van der Waals surface area contributed by atoms with Gasteiger partial charge in [0.25, 0.3) is 0 Å². The molecule has 0 aromatic heterocycles. The van der Waals surface area contributed by atoms with Gasteiger partial charge < -0.3 is 4.74 Å². The Morgan fingerprint density at radius 1 is 1.08 bits per heavy atom. The Morgan fingerprint density at radius 3 is 2.54 bits per heavy atom. The van der Waals surface area contributed by atoms with E-state index in [1.165, 1.54) is 51.4 Å². The molecule has 3 rings (SSSR count). The third-order valence-corrected chi connectivity index (χ3v) is 6.41. The van der Waals surface area contributed by atoms with E-state index in [9.17, 15) is 4.79 Å². The Balaban J connectivity index is 1.47. The van der Waals surface area contributed by atoms with Crippen molar-refractivity contribution in [1.82, 2.24) is 0 Å². The van der Waals surface area contributed by atoms with Crippen LogP contribution in [0.2, 0.25) is 0 Å². The van der Waals surface area contributed by atoms with Crippen molar-refractivity contribution in [2.45, 2.75) is 77.2 Å². The van der Waals surface area contributed by atoms with Gasteiger partial charge >= 0.3 is 5.97 Å². The highest BCUT2D eigenvalue weighted by molar-refractivity contribution is 5.89. The number of rotatable bonds is 6. The molecule has 2 aliphatic carbocycles. The summed E-state index contributed by atoms with van der Waals surface area (Å²) in [4.78, 5) is 12.4. The molecule has 2 fully saturated rings. The molecule has 4 atom stereocenters. The zero-order chi connectivity index (χ0) is 18.4. The first-order valence-electron chi connectivity index (χ1n) is 10.4. The maximum Gasteiger partial charge on any atom is 0.338 e. The molecule has 2 aliphatic rings. The van der Waals surface area contributed by atoms with Crippen molar-refractivity contribution in [2.24, 2.45) is 17.8 Å². The predicted octanol–water partition coefficient (Wildman–Crippen LogP) is 5.88. The van der Waals surface area contributed by atoms with E-state index in [4.69, 9.17) is 10.00 Å². The molecule has 2 saturated carbocycles. The van der Waals surface area contributed by atoms with E-state index in [1.807, 2.05) is 0 Å². The molecule has 1 aromatic rings. The first kappa shape index (κ1) is 19.0. The Hall–Kier alpha value is -1.82. The maximum atomic E-state index is 12.4. The van der Waals surface area contributed by atoms with Crippen LogP contribution < -0.4 is 0 Å². The van der Waals surface area contributed by atoms with Gasteiger partial charge in [0, 0.05) is 0 Å². The minimum atomic E-state index is -0.244. The maximum absolute atomic E-state index is 12.4. The van der Waals surface area contributed by atoms with Crippen LogP contribution in [0.15, 0.2) is 24.3 Å². The third kappa shape index (κ3) is 4.87. The van der Waals surface area contributed by atoms with Crippen LogP contribution in [0.1, 0.15) is 87.1 Å². The number of unbranched alkanes of at least 4 members (excludes halogenated alkanes) is 2. The molecule has 1 aromatic carbocycles. The molecule has 0 amide bonds. The molecular weight excluding hydrogens is 322 g/mol. The molecule has 0 spiro atoms. The van der Waals surface area contributed by atoms with Crippen molar-refractivity contribution < 1.29 is 9.53 Å². The van der Waals surface area contributed by atoms with Gasteiger partial charge in [-0.1, -0.05) is 39.0 Å². The lowest BCUT2D eigenvalue weighted by Crippen LogP contribution is -2.35. The van der Waals surface area contributed by atoms with Gasteiger partial charge in [-0.3, -0.25) is 0 Å². The molecule has 26 heavy (non-hydrogen) atoms. The number of carbonyl (C=O) groups is 1. The van der Waals surface area contributed by atoms with Crippen LogP contribution >= 0.6 is 0 Å². The average Bonchev–Trinajstić information content (AvgIpc) is 2.68. The van der Waals surface area contributed by atoms with Gasteiger partial charge in [-0.05, 0) is 74.1 Å². The molecule has 0 bridgehead atoms. The van der Waals surface area contributed by atoms with Crippen molar-refractivity contribution >= 4 is 5.97 Å². The number of fused-ring (bicyclic) bond motifs is 1. The van der Waals surface area contributed by atoms with Gasteiger partial charge in [0.2, 0.25) is 0 Å². The Kier molecular flexibility index (Phi) is 6.72. The number of hydrogen-bond donors (Lipinski definition) is 0. The summed E-state index contributed by atoms with van der Waals surface area (Å²) in [6, 6.07) is 8.80. The normalized spacial score (nSPS) is 28.0. The number of esters is 1. The van der Waals surface area contributed by atoms with Crippen molar-refractivity contribution in [1.29, 1.82) is 5.26 Å². The van der Waals surface area contributed by atoms with Crippen LogP contribution in [0, 0.1) is 29.1 Å². The highest BCUT2D eigenvalue weighted by Gasteiger charge is 2.36. The third-order valence-electron chi connectivity index (χ3n) is 6.41. The van der Waals surface area contributed by atoms with Gasteiger partial charge in [-0.15, -0.1) is 0 Å². The number of nitrogens with zero attached hydrogens (tertiary/aromatic N) is 1. The largest absolute Gasteiger partial charge is 0.459 e. The van der Waals surface area contributed by atoms with E-state index in [2.05, 4.69) is 13.0 Å². The van der Waals surface area contributed by atoms with Crippen molar-refractivity contribution in [3.05, 3.63) is 35.4 Å². The number of ether oxygens (including phenoxy) is 1. The van der Waals surface area contributed by atoms with E-state index in [0.29, 0.717) is 11.1 Å². The number of carbonyl (C=O) groups excluding carboxylic acids is 1. The molecule has 0 radical (unpaired) electrons. The van der Waals surface area contributed by atoms with Crippen molar-refractivity contribution in [2.75, 3.05) is 0 Å². The summed E-state index contributed by atoms with van der Waals surface area (Å²) < 4.78 is 5.78. The predicted molar refractivity (Wildman–Crippen MR) is 103 cm³/mol. The minimum absolute atomic E-state index is 0.0658. The van der Waals surface area contributed by atoms with Crippen LogP contribution in [-0.2, 0) is 4.74 Å². The number of benzene rings is 1. The highest BCUT2D eigenvalue weighted by atomic mass is 16.5. The lowest BCUT2D eigenvalue weighted by molar-refractivity contribution is -0.00628. The topological polar surface area (TPSA) is 50.1 Å². The summed E-state index contributed by atoms with van der Waals surface area (Å²) in [5, 5.41) is 8.85. The summed E-state index contributed by atoms with van der Waals surface area (Å²) >= 11 is 0.